The maximum absolute atomic E-state index is 5.83. The van der Waals surface area contributed by atoms with Crippen molar-refractivity contribution in [3.8, 4) is 23.0 Å². The van der Waals surface area contributed by atoms with Crippen LogP contribution in [0, 0.1) is 13.8 Å². The summed E-state index contributed by atoms with van der Waals surface area (Å²) in [7, 11) is 0. The number of hydrogen-bond donors (Lipinski definition) is 0. The molecule has 0 radical (unpaired) electrons. The first kappa shape index (κ1) is 14.2. The molecule has 22 heavy (non-hydrogen) atoms. The highest BCUT2D eigenvalue weighted by Gasteiger charge is 2.00. The van der Waals surface area contributed by atoms with E-state index < -0.39 is 0 Å². The zero-order chi connectivity index (χ0) is 15.4. The van der Waals surface area contributed by atoms with E-state index in [1.54, 1.807) is 0 Å². The second-order valence-corrected chi connectivity index (χ2v) is 5.31. The third kappa shape index (κ3) is 3.67. The van der Waals surface area contributed by atoms with Gasteiger partial charge in [-0.3, -0.25) is 0 Å². The van der Waals surface area contributed by atoms with E-state index in [2.05, 4.69) is 0 Å². The van der Waals surface area contributed by atoms with Crippen LogP contribution < -0.4 is 9.47 Å². The van der Waals surface area contributed by atoms with Gasteiger partial charge >= 0.3 is 0 Å². The van der Waals surface area contributed by atoms with Crippen molar-refractivity contribution in [3.63, 3.8) is 0 Å². The Hall–Kier alpha value is -2.74. The lowest BCUT2D eigenvalue weighted by atomic mass is 10.2. The van der Waals surface area contributed by atoms with Crippen molar-refractivity contribution < 1.29 is 9.47 Å². The van der Waals surface area contributed by atoms with Crippen LogP contribution in [0.25, 0.3) is 0 Å². The number of rotatable bonds is 4. The van der Waals surface area contributed by atoms with E-state index in [4.69, 9.17) is 9.47 Å². The van der Waals surface area contributed by atoms with Gasteiger partial charge in [0, 0.05) is 0 Å². The Morgan fingerprint density at radius 2 is 0.909 bits per heavy atom. The molecular weight excluding hydrogens is 272 g/mol. The van der Waals surface area contributed by atoms with Gasteiger partial charge in [-0.15, -0.1) is 0 Å². The smallest absolute Gasteiger partial charge is 0.127 e. The van der Waals surface area contributed by atoms with Gasteiger partial charge in [0.05, 0.1) is 0 Å². The first-order valence-electron chi connectivity index (χ1n) is 7.28. The highest BCUT2D eigenvalue weighted by Crippen LogP contribution is 2.27. The van der Waals surface area contributed by atoms with Gasteiger partial charge in [-0.1, -0.05) is 24.3 Å². The van der Waals surface area contributed by atoms with Gasteiger partial charge < -0.3 is 9.47 Å². The van der Waals surface area contributed by atoms with Gasteiger partial charge in [-0.05, 0) is 73.5 Å². The molecule has 0 saturated heterocycles. The summed E-state index contributed by atoms with van der Waals surface area (Å²) in [4.78, 5) is 0. The standard InChI is InChI=1S/C20H18O2/c1-15-5-3-7-19(13-15)21-17-9-11-18(12-10-17)22-20-8-4-6-16(2)14-20/h3-14H,1-2H3. The average molecular weight is 290 g/mol. The molecular formula is C20H18O2. The molecule has 0 atom stereocenters. The third-order valence-corrected chi connectivity index (χ3v) is 3.27. The first-order valence-corrected chi connectivity index (χ1v) is 7.28. The van der Waals surface area contributed by atoms with E-state index in [0.717, 1.165) is 23.0 Å². The molecule has 3 aromatic carbocycles. The summed E-state index contributed by atoms with van der Waals surface area (Å²) in [5, 5.41) is 0. The largest absolute Gasteiger partial charge is 0.457 e. The molecule has 2 heteroatoms. The fourth-order valence-electron chi connectivity index (χ4n) is 2.21. The average Bonchev–Trinajstić information content (AvgIpc) is 2.49. The Balaban J connectivity index is 1.70. The van der Waals surface area contributed by atoms with Gasteiger partial charge in [-0.2, -0.15) is 0 Å². The molecule has 2 nitrogen and oxygen atoms in total. The minimum atomic E-state index is 0.794. The first-order chi connectivity index (χ1) is 10.7. The Kier molecular flexibility index (Phi) is 4.10. The molecule has 0 bridgehead atoms. The van der Waals surface area contributed by atoms with Crippen molar-refractivity contribution in [3.05, 3.63) is 83.9 Å². The van der Waals surface area contributed by atoms with E-state index >= 15 is 0 Å². The summed E-state index contributed by atoms with van der Waals surface area (Å²) in [6, 6.07) is 23.6. The highest BCUT2D eigenvalue weighted by molar-refractivity contribution is 5.39. The topological polar surface area (TPSA) is 18.5 Å². The van der Waals surface area contributed by atoms with Crippen molar-refractivity contribution >= 4 is 0 Å². The van der Waals surface area contributed by atoms with Crippen LogP contribution in [0.5, 0.6) is 23.0 Å². The minimum Gasteiger partial charge on any atom is -0.457 e. The Morgan fingerprint density at radius 1 is 0.500 bits per heavy atom. The molecule has 0 spiro atoms. The molecule has 3 rings (SSSR count). The maximum atomic E-state index is 5.83. The van der Waals surface area contributed by atoms with Crippen LogP contribution in [0.2, 0.25) is 0 Å². The molecule has 0 aliphatic heterocycles. The Labute approximate surface area is 131 Å². The Bertz CT molecular complexity index is 694. The predicted molar refractivity (Wildman–Crippen MR) is 88.9 cm³/mol. The normalized spacial score (nSPS) is 10.3. The van der Waals surface area contributed by atoms with Crippen molar-refractivity contribution in [1.29, 1.82) is 0 Å². The lowest BCUT2D eigenvalue weighted by Crippen LogP contribution is -1.87. The molecule has 0 heterocycles. The number of benzene rings is 3. The Morgan fingerprint density at radius 3 is 1.27 bits per heavy atom. The van der Waals surface area contributed by atoms with Crippen molar-refractivity contribution in [2.75, 3.05) is 0 Å². The van der Waals surface area contributed by atoms with E-state index in [9.17, 15) is 0 Å². The van der Waals surface area contributed by atoms with Crippen LogP contribution in [-0.4, -0.2) is 0 Å². The summed E-state index contributed by atoms with van der Waals surface area (Å²) in [6.45, 7) is 4.09. The van der Waals surface area contributed by atoms with Crippen LogP contribution in [0.4, 0.5) is 0 Å². The monoisotopic (exact) mass is 290 g/mol. The van der Waals surface area contributed by atoms with E-state index in [0.29, 0.717) is 0 Å². The molecule has 110 valence electrons. The zero-order valence-electron chi connectivity index (χ0n) is 12.7. The number of hydrogen-bond acceptors (Lipinski definition) is 2. The molecule has 0 saturated carbocycles. The van der Waals surface area contributed by atoms with Crippen LogP contribution in [0.15, 0.2) is 72.8 Å². The molecule has 3 aromatic rings. The second-order valence-electron chi connectivity index (χ2n) is 5.31. The lowest BCUT2D eigenvalue weighted by Gasteiger charge is -2.09. The van der Waals surface area contributed by atoms with Gasteiger partial charge in [0.25, 0.3) is 0 Å². The molecule has 0 N–H and O–H groups in total. The zero-order valence-corrected chi connectivity index (χ0v) is 12.7. The van der Waals surface area contributed by atoms with Crippen molar-refractivity contribution in [1.82, 2.24) is 0 Å². The maximum Gasteiger partial charge on any atom is 0.127 e. The van der Waals surface area contributed by atoms with E-state index in [1.807, 2.05) is 86.6 Å². The summed E-state index contributed by atoms with van der Waals surface area (Å²) < 4.78 is 11.7. The van der Waals surface area contributed by atoms with E-state index in [-0.39, 0.29) is 0 Å². The fraction of sp³-hybridized carbons (Fsp3) is 0.100. The minimum absolute atomic E-state index is 0.794. The van der Waals surface area contributed by atoms with Crippen molar-refractivity contribution in [2.45, 2.75) is 13.8 Å². The molecule has 0 aliphatic carbocycles. The summed E-state index contributed by atoms with van der Waals surface area (Å²) >= 11 is 0. The van der Waals surface area contributed by atoms with Gasteiger partial charge in [0.1, 0.15) is 23.0 Å². The van der Waals surface area contributed by atoms with Crippen LogP contribution in [0.1, 0.15) is 11.1 Å². The van der Waals surface area contributed by atoms with Gasteiger partial charge in [-0.25, -0.2) is 0 Å². The highest BCUT2D eigenvalue weighted by atomic mass is 16.5. The van der Waals surface area contributed by atoms with E-state index in [1.165, 1.54) is 11.1 Å². The quantitative estimate of drug-likeness (QED) is 0.596. The SMILES string of the molecule is Cc1cccc(Oc2ccc(Oc3cccc(C)c3)cc2)c1. The molecule has 0 unspecified atom stereocenters. The number of ether oxygens (including phenoxy) is 2. The summed E-state index contributed by atoms with van der Waals surface area (Å²) in [6.07, 6.45) is 0. The van der Waals surface area contributed by atoms with Gasteiger partial charge in [0.2, 0.25) is 0 Å². The molecule has 0 aromatic heterocycles. The summed E-state index contributed by atoms with van der Waals surface area (Å²) in [5.41, 5.74) is 2.36. The third-order valence-electron chi connectivity index (χ3n) is 3.27. The number of aryl methyl sites for hydroxylation is 2. The van der Waals surface area contributed by atoms with Crippen molar-refractivity contribution in [2.24, 2.45) is 0 Å². The second kappa shape index (κ2) is 6.35. The summed E-state index contributed by atoms with van der Waals surface area (Å²) in [5.74, 6) is 3.27. The molecule has 0 fully saturated rings. The fourth-order valence-corrected chi connectivity index (χ4v) is 2.21. The van der Waals surface area contributed by atoms with Crippen LogP contribution in [0.3, 0.4) is 0 Å². The lowest BCUT2D eigenvalue weighted by molar-refractivity contribution is 0.469. The van der Waals surface area contributed by atoms with Gasteiger partial charge in [0.15, 0.2) is 0 Å². The van der Waals surface area contributed by atoms with Crippen LogP contribution >= 0.6 is 0 Å². The molecule has 0 amide bonds. The predicted octanol–water partition coefficient (Wildman–Crippen LogP) is 5.89. The van der Waals surface area contributed by atoms with Crippen LogP contribution in [-0.2, 0) is 0 Å². The molecule has 0 aliphatic rings.